The van der Waals surface area contributed by atoms with Crippen LogP contribution in [0.15, 0.2) is 60.7 Å². The van der Waals surface area contributed by atoms with E-state index in [-0.39, 0.29) is 5.75 Å². The van der Waals surface area contributed by atoms with Gasteiger partial charge >= 0.3 is 0 Å². The van der Waals surface area contributed by atoms with Crippen molar-refractivity contribution in [3.05, 3.63) is 72.0 Å². The average molecular weight is 309 g/mol. The van der Waals surface area contributed by atoms with Gasteiger partial charge in [-0.3, -0.25) is 0 Å². The molecule has 1 heterocycles. The van der Waals surface area contributed by atoms with Gasteiger partial charge in [0.25, 0.3) is 0 Å². The first-order valence-electron chi connectivity index (χ1n) is 7.22. The van der Waals surface area contributed by atoms with E-state index < -0.39 is 5.82 Å². The van der Waals surface area contributed by atoms with Crippen LogP contribution in [0.4, 0.5) is 4.39 Å². The Morgan fingerprint density at radius 2 is 1.74 bits per heavy atom. The van der Waals surface area contributed by atoms with Crippen LogP contribution in [-0.2, 0) is 0 Å². The molecule has 2 aromatic carbocycles. The first-order valence-corrected chi connectivity index (χ1v) is 7.22. The van der Waals surface area contributed by atoms with Crippen LogP contribution in [0, 0.1) is 12.7 Å². The van der Waals surface area contributed by atoms with Gasteiger partial charge in [-0.15, -0.1) is 0 Å². The number of methoxy groups -OCH3 is 1. The number of hydrogen-bond acceptors (Lipinski definition) is 3. The first kappa shape index (κ1) is 15.0. The first-order chi connectivity index (χ1) is 11.2. The van der Waals surface area contributed by atoms with Crippen molar-refractivity contribution >= 4 is 0 Å². The minimum Gasteiger partial charge on any atom is -0.494 e. The van der Waals surface area contributed by atoms with Crippen LogP contribution < -0.4 is 9.47 Å². The maximum absolute atomic E-state index is 14.4. The highest BCUT2D eigenvalue weighted by Crippen LogP contribution is 2.29. The number of nitrogens with zero attached hydrogens (tertiary/aromatic N) is 1. The van der Waals surface area contributed by atoms with Gasteiger partial charge in [-0.1, -0.05) is 24.3 Å². The second-order valence-electron chi connectivity index (χ2n) is 5.10. The summed E-state index contributed by atoms with van der Waals surface area (Å²) in [5.41, 5.74) is 1.96. The Hall–Kier alpha value is -2.88. The Bertz CT molecular complexity index is 833. The number of benzene rings is 2. The van der Waals surface area contributed by atoms with Crippen LogP contribution >= 0.6 is 0 Å². The minimum absolute atomic E-state index is 0.189. The third-order valence-electron chi connectivity index (χ3n) is 3.39. The molecule has 0 radical (unpaired) electrons. The van der Waals surface area contributed by atoms with Crippen LogP contribution in [0.3, 0.4) is 0 Å². The molecule has 0 aliphatic carbocycles. The fourth-order valence-electron chi connectivity index (χ4n) is 2.29. The lowest BCUT2D eigenvalue weighted by Gasteiger charge is -2.09. The van der Waals surface area contributed by atoms with Gasteiger partial charge in [0.05, 0.1) is 12.8 Å². The van der Waals surface area contributed by atoms with Gasteiger partial charge in [0.15, 0.2) is 11.6 Å². The molecule has 0 bridgehead atoms. The summed E-state index contributed by atoms with van der Waals surface area (Å²) in [5.74, 6) is 0.862. The largest absolute Gasteiger partial charge is 0.494 e. The van der Waals surface area contributed by atoms with Gasteiger partial charge in [0.1, 0.15) is 5.75 Å². The van der Waals surface area contributed by atoms with Gasteiger partial charge < -0.3 is 9.47 Å². The summed E-state index contributed by atoms with van der Waals surface area (Å²) in [5, 5.41) is 0. The second kappa shape index (κ2) is 6.48. The van der Waals surface area contributed by atoms with Crippen LogP contribution in [0.5, 0.6) is 17.4 Å². The van der Waals surface area contributed by atoms with E-state index >= 15 is 0 Å². The number of halogens is 1. The van der Waals surface area contributed by atoms with E-state index in [1.54, 1.807) is 36.4 Å². The van der Waals surface area contributed by atoms with Crippen LogP contribution in [0.25, 0.3) is 11.3 Å². The molecule has 3 rings (SSSR count). The van der Waals surface area contributed by atoms with E-state index in [0.29, 0.717) is 22.9 Å². The molecule has 0 spiro atoms. The molecule has 0 amide bonds. The Morgan fingerprint density at radius 1 is 0.957 bits per heavy atom. The molecule has 0 unspecified atom stereocenters. The van der Waals surface area contributed by atoms with Crippen LogP contribution in [0.1, 0.15) is 5.56 Å². The lowest BCUT2D eigenvalue weighted by molar-refractivity contribution is 0.387. The average Bonchev–Trinajstić information content (AvgIpc) is 2.55. The fraction of sp³-hybridized carbons (Fsp3) is 0.105. The third kappa shape index (κ3) is 3.31. The Balaban J connectivity index is 1.94. The summed E-state index contributed by atoms with van der Waals surface area (Å²) in [7, 11) is 1.44. The van der Waals surface area contributed by atoms with E-state index in [1.165, 1.54) is 7.11 Å². The molecule has 0 saturated carbocycles. The number of aryl methyl sites for hydroxylation is 1. The van der Waals surface area contributed by atoms with Crippen molar-refractivity contribution in [3.8, 4) is 28.6 Å². The van der Waals surface area contributed by atoms with Crippen molar-refractivity contribution in [2.45, 2.75) is 6.92 Å². The van der Waals surface area contributed by atoms with Crippen molar-refractivity contribution < 1.29 is 13.9 Å². The number of hydrogen-bond donors (Lipinski definition) is 0. The standard InChI is InChI=1S/C19H16FNO2/c1-13-6-3-7-14(12-13)23-18-11-5-9-16(21-18)15-8-4-10-17(22-2)19(15)20/h3-12H,1-2H3. The zero-order valence-electron chi connectivity index (χ0n) is 12.9. The molecule has 4 heteroatoms. The molecule has 0 N–H and O–H groups in total. The SMILES string of the molecule is COc1cccc(-c2cccc(Oc3cccc(C)c3)n2)c1F. The Kier molecular flexibility index (Phi) is 4.24. The van der Waals surface area contributed by atoms with E-state index in [1.807, 2.05) is 31.2 Å². The van der Waals surface area contributed by atoms with Crippen molar-refractivity contribution in [3.63, 3.8) is 0 Å². The molecule has 1 aromatic heterocycles. The zero-order chi connectivity index (χ0) is 16.2. The molecule has 0 atom stereocenters. The van der Waals surface area contributed by atoms with Gasteiger partial charge in [0, 0.05) is 11.6 Å². The summed E-state index contributed by atoms with van der Waals surface area (Å²) in [6, 6.07) is 17.9. The summed E-state index contributed by atoms with van der Waals surface area (Å²) in [4.78, 5) is 4.39. The van der Waals surface area contributed by atoms with E-state index in [2.05, 4.69) is 4.98 Å². The molecular formula is C19H16FNO2. The topological polar surface area (TPSA) is 31.4 Å². The van der Waals surface area contributed by atoms with Crippen molar-refractivity contribution in [2.24, 2.45) is 0 Å². The fourth-order valence-corrected chi connectivity index (χ4v) is 2.29. The highest BCUT2D eigenvalue weighted by Gasteiger charge is 2.12. The van der Waals surface area contributed by atoms with Crippen LogP contribution in [0.2, 0.25) is 0 Å². The number of aromatic nitrogens is 1. The van der Waals surface area contributed by atoms with Gasteiger partial charge in [0.2, 0.25) is 5.88 Å². The van der Waals surface area contributed by atoms with E-state index in [0.717, 1.165) is 5.56 Å². The molecule has 116 valence electrons. The smallest absolute Gasteiger partial charge is 0.219 e. The van der Waals surface area contributed by atoms with Crippen molar-refractivity contribution in [1.82, 2.24) is 4.98 Å². The maximum atomic E-state index is 14.4. The normalized spacial score (nSPS) is 10.4. The maximum Gasteiger partial charge on any atom is 0.219 e. The molecule has 3 nitrogen and oxygen atoms in total. The van der Waals surface area contributed by atoms with E-state index in [9.17, 15) is 4.39 Å². The molecule has 23 heavy (non-hydrogen) atoms. The summed E-state index contributed by atoms with van der Waals surface area (Å²) in [6.45, 7) is 1.99. The predicted octanol–water partition coefficient (Wildman–Crippen LogP) is 5.00. The second-order valence-corrected chi connectivity index (χ2v) is 5.10. The number of rotatable bonds is 4. The third-order valence-corrected chi connectivity index (χ3v) is 3.39. The summed E-state index contributed by atoms with van der Waals surface area (Å²) < 4.78 is 25.1. The van der Waals surface area contributed by atoms with Gasteiger partial charge in [-0.25, -0.2) is 9.37 Å². The Morgan fingerprint density at radius 3 is 2.52 bits per heavy atom. The van der Waals surface area contributed by atoms with Crippen molar-refractivity contribution in [2.75, 3.05) is 7.11 Å². The monoisotopic (exact) mass is 309 g/mol. The number of pyridine rings is 1. The lowest BCUT2D eigenvalue weighted by atomic mass is 10.1. The minimum atomic E-state index is -0.435. The molecular weight excluding hydrogens is 293 g/mol. The molecule has 0 aliphatic rings. The Labute approximate surface area is 134 Å². The van der Waals surface area contributed by atoms with E-state index in [4.69, 9.17) is 9.47 Å². The van der Waals surface area contributed by atoms with Gasteiger partial charge in [-0.2, -0.15) is 0 Å². The van der Waals surface area contributed by atoms with Crippen LogP contribution in [-0.4, -0.2) is 12.1 Å². The molecule has 0 saturated heterocycles. The molecule has 0 fully saturated rings. The van der Waals surface area contributed by atoms with Crippen molar-refractivity contribution in [1.29, 1.82) is 0 Å². The lowest BCUT2D eigenvalue weighted by Crippen LogP contribution is -1.94. The summed E-state index contributed by atoms with van der Waals surface area (Å²) in [6.07, 6.45) is 0. The molecule has 3 aromatic rings. The highest BCUT2D eigenvalue weighted by atomic mass is 19.1. The zero-order valence-corrected chi connectivity index (χ0v) is 12.9. The predicted molar refractivity (Wildman–Crippen MR) is 87.4 cm³/mol. The number of ether oxygens (including phenoxy) is 2. The summed E-state index contributed by atoms with van der Waals surface area (Å²) >= 11 is 0. The highest BCUT2D eigenvalue weighted by molar-refractivity contribution is 5.62. The quantitative estimate of drug-likeness (QED) is 0.680. The molecule has 0 aliphatic heterocycles. The van der Waals surface area contributed by atoms with Gasteiger partial charge in [-0.05, 0) is 42.8 Å².